The van der Waals surface area contributed by atoms with Crippen molar-refractivity contribution in [3.63, 3.8) is 0 Å². The molecule has 0 fully saturated rings. The molecule has 2 aromatic heterocycles. The fourth-order valence-electron chi connectivity index (χ4n) is 3.24. The first-order chi connectivity index (χ1) is 11.9. The lowest BCUT2D eigenvalue weighted by Crippen LogP contribution is -2.16. The summed E-state index contributed by atoms with van der Waals surface area (Å²) in [6.07, 6.45) is 3.14. The summed E-state index contributed by atoms with van der Waals surface area (Å²) in [5, 5.41) is 8.52. The van der Waals surface area contributed by atoms with Crippen molar-refractivity contribution in [1.29, 1.82) is 0 Å². The Morgan fingerprint density at radius 1 is 1.20 bits per heavy atom. The first-order valence-corrected chi connectivity index (χ1v) is 8.85. The molecule has 0 spiro atoms. The molecule has 25 heavy (non-hydrogen) atoms. The van der Waals surface area contributed by atoms with Crippen molar-refractivity contribution in [2.45, 2.75) is 47.1 Å². The number of benzene rings is 1. The second-order valence-electron chi connectivity index (χ2n) is 6.82. The highest BCUT2D eigenvalue weighted by Gasteiger charge is 2.18. The van der Waals surface area contributed by atoms with Gasteiger partial charge in [-0.1, -0.05) is 13.0 Å². The highest BCUT2D eigenvalue weighted by molar-refractivity contribution is 5.91. The number of hydrogen-bond acceptors (Lipinski definition) is 3. The molecule has 0 aliphatic rings. The number of aromatic nitrogens is 2. The molecule has 0 unspecified atom stereocenters. The van der Waals surface area contributed by atoms with E-state index in [9.17, 15) is 0 Å². The van der Waals surface area contributed by atoms with E-state index < -0.39 is 0 Å². The zero-order valence-corrected chi connectivity index (χ0v) is 16.0. The zero-order valence-electron chi connectivity index (χ0n) is 16.0. The van der Waals surface area contributed by atoms with Gasteiger partial charge < -0.3 is 10.1 Å². The van der Waals surface area contributed by atoms with E-state index in [1.807, 2.05) is 10.6 Å². The Bertz CT molecular complexity index is 911. The van der Waals surface area contributed by atoms with Crippen LogP contribution in [0.5, 0.6) is 5.75 Å². The maximum atomic E-state index is 5.37. The topological polar surface area (TPSA) is 38.6 Å². The molecule has 0 bridgehead atoms. The summed E-state index contributed by atoms with van der Waals surface area (Å²) < 4.78 is 7.35. The summed E-state index contributed by atoms with van der Waals surface area (Å²) in [6, 6.07) is 8.81. The van der Waals surface area contributed by atoms with Gasteiger partial charge in [-0.3, -0.25) is 0 Å². The minimum atomic E-state index is 0.387. The summed E-state index contributed by atoms with van der Waals surface area (Å²) in [5.41, 5.74) is 8.05. The molecule has 0 aliphatic heterocycles. The van der Waals surface area contributed by atoms with Crippen LogP contribution in [0, 0.1) is 20.8 Å². The van der Waals surface area contributed by atoms with Crippen LogP contribution in [-0.2, 0) is 0 Å². The summed E-state index contributed by atoms with van der Waals surface area (Å²) in [4.78, 5) is 0. The monoisotopic (exact) mass is 337 g/mol. The van der Waals surface area contributed by atoms with Gasteiger partial charge in [0.2, 0.25) is 0 Å². The standard InChI is InChI=1S/C21H27N3O/c1-7-15(4)22-21-19-10-13(2)12-24(19)23-16(5)20(21)18-9-8-17(25-6)11-14(18)3/h8-12,15,22H,7H2,1-6H3/t15-/m0/s1. The fraction of sp³-hybridized carbons (Fsp3) is 0.381. The molecular formula is C21H27N3O. The Hall–Kier alpha value is -2.49. The number of ether oxygens (including phenoxy) is 1. The summed E-state index contributed by atoms with van der Waals surface area (Å²) in [5.74, 6) is 0.878. The van der Waals surface area contributed by atoms with E-state index in [0.717, 1.165) is 29.1 Å². The van der Waals surface area contributed by atoms with Crippen LogP contribution in [0.3, 0.4) is 0 Å². The van der Waals surface area contributed by atoms with Gasteiger partial charge in [-0.2, -0.15) is 5.10 Å². The van der Waals surface area contributed by atoms with Crippen molar-refractivity contribution in [3.05, 3.63) is 47.3 Å². The van der Waals surface area contributed by atoms with Gasteiger partial charge in [-0.25, -0.2) is 4.52 Å². The lowest BCUT2D eigenvalue weighted by atomic mass is 9.97. The van der Waals surface area contributed by atoms with E-state index in [1.54, 1.807) is 7.11 Å². The molecule has 0 radical (unpaired) electrons. The Labute approximate surface area is 149 Å². The lowest BCUT2D eigenvalue weighted by Gasteiger charge is -2.21. The van der Waals surface area contributed by atoms with Gasteiger partial charge in [0.25, 0.3) is 0 Å². The first-order valence-electron chi connectivity index (χ1n) is 8.85. The van der Waals surface area contributed by atoms with Gasteiger partial charge in [-0.05, 0) is 69.0 Å². The maximum Gasteiger partial charge on any atom is 0.119 e. The van der Waals surface area contributed by atoms with Gasteiger partial charge in [0.05, 0.1) is 24.0 Å². The first kappa shape index (κ1) is 17.3. The predicted molar refractivity (Wildman–Crippen MR) is 105 cm³/mol. The number of rotatable bonds is 5. The fourth-order valence-corrected chi connectivity index (χ4v) is 3.24. The van der Waals surface area contributed by atoms with E-state index in [4.69, 9.17) is 9.84 Å². The molecule has 0 aliphatic carbocycles. The number of nitrogens with one attached hydrogen (secondary N) is 1. The summed E-state index contributed by atoms with van der Waals surface area (Å²) in [6.45, 7) is 10.7. The van der Waals surface area contributed by atoms with Gasteiger partial charge in [0, 0.05) is 17.8 Å². The minimum Gasteiger partial charge on any atom is -0.497 e. The quantitative estimate of drug-likeness (QED) is 0.700. The average molecular weight is 337 g/mol. The molecule has 0 amide bonds. The highest BCUT2D eigenvalue weighted by atomic mass is 16.5. The zero-order chi connectivity index (χ0) is 18.1. The third-order valence-electron chi connectivity index (χ3n) is 4.77. The highest BCUT2D eigenvalue weighted by Crippen LogP contribution is 2.37. The summed E-state index contributed by atoms with van der Waals surface area (Å²) >= 11 is 0. The molecule has 1 aromatic carbocycles. The maximum absolute atomic E-state index is 5.37. The Morgan fingerprint density at radius 3 is 2.60 bits per heavy atom. The third-order valence-corrected chi connectivity index (χ3v) is 4.77. The molecule has 132 valence electrons. The van der Waals surface area contributed by atoms with Crippen LogP contribution in [0.4, 0.5) is 5.69 Å². The second kappa shape index (κ2) is 6.79. The molecule has 4 heteroatoms. The molecule has 0 saturated carbocycles. The van der Waals surface area contributed by atoms with Gasteiger partial charge in [0.1, 0.15) is 5.75 Å². The number of aryl methyl sites for hydroxylation is 3. The van der Waals surface area contributed by atoms with Crippen molar-refractivity contribution in [1.82, 2.24) is 9.61 Å². The van der Waals surface area contributed by atoms with Gasteiger partial charge in [0.15, 0.2) is 0 Å². The Kier molecular flexibility index (Phi) is 4.71. The molecule has 4 nitrogen and oxygen atoms in total. The van der Waals surface area contributed by atoms with Crippen molar-refractivity contribution in [2.75, 3.05) is 12.4 Å². The summed E-state index contributed by atoms with van der Waals surface area (Å²) in [7, 11) is 1.70. The smallest absolute Gasteiger partial charge is 0.119 e. The number of hydrogen-bond donors (Lipinski definition) is 1. The number of fused-ring (bicyclic) bond motifs is 1. The van der Waals surface area contributed by atoms with Crippen molar-refractivity contribution in [3.8, 4) is 16.9 Å². The van der Waals surface area contributed by atoms with Crippen LogP contribution in [-0.4, -0.2) is 22.8 Å². The van der Waals surface area contributed by atoms with Crippen LogP contribution < -0.4 is 10.1 Å². The Balaban J connectivity index is 2.29. The molecule has 1 N–H and O–H groups in total. The molecule has 2 heterocycles. The van der Waals surface area contributed by atoms with Gasteiger partial charge >= 0.3 is 0 Å². The van der Waals surface area contributed by atoms with E-state index in [2.05, 4.69) is 64.3 Å². The molecular weight excluding hydrogens is 310 g/mol. The van der Waals surface area contributed by atoms with E-state index in [0.29, 0.717) is 6.04 Å². The molecule has 3 rings (SSSR count). The largest absolute Gasteiger partial charge is 0.497 e. The second-order valence-corrected chi connectivity index (χ2v) is 6.82. The number of anilines is 1. The van der Waals surface area contributed by atoms with E-state index in [1.165, 1.54) is 22.3 Å². The molecule has 1 atom stereocenters. The normalized spacial score (nSPS) is 12.4. The van der Waals surface area contributed by atoms with Crippen LogP contribution in [0.2, 0.25) is 0 Å². The third kappa shape index (κ3) is 3.21. The van der Waals surface area contributed by atoms with Gasteiger partial charge in [-0.15, -0.1) is 0 Å². The van der Waals surface area contributed by atoms with Crippen molar-refractivity contribution in [2.24, 2.45) is 0 Å². The van der Waals surface area contributed by atoms with Crippen LogP contribution in [0.15, 0.2) is 30.5 Å². The van der Waals surface area contributed by atoms with Crippen LogP contribution >= 0.6 is 0 Å². The average Bonchev–Trinajstić information content (AvgIpc) is 2.95. The van der Waals surface area contributed by atoms with E-state index in [-0.39, 0.29) is 0 Å². The van der Waals surface area contributed by atoms with Crippen molar-refractivity contribution < 1.29 is 4.74 Å². The van der Waals surface area contributed by atoms with Crippen molar-refractivity contribution >= 4 is 11.2 Å². The SMILES string of the molecule is CC[C@H](C)Nc1c(-c2ccc(OC)cc2C)c(C)nn2cc(C)cc12. The Morgan fingerprint density at radius 2 is 1.96 bits per heavy atom. The van der Waals surface area contributed by atoms with Crippen LogP contribution in [0.25, 0.3) is 16.6 Å². The lowest BCUT2D eigenvalue weighted by molar-refractivity contribution is 0.414. The molecule has 3 aromatic rings. The number of methoxy groups -OCH3 is 1. The minimum absolute atomic E-state index is 0.387. The van der Waals surface area contributed by atoms with Crippen LogP contribution in [0.1, 0.15) is 37.1 Å². The molecule has 0 saturated heterocycles. The predicted octanol–water partition coefficient (Wildman–Crippen LogP) is 5.15. The number of nitrogens with zero attached hydrogens (tertiary/aromatic N) is 2. The van der Waals surface area contributed by atoms with E-state index >= 15 is 0 Å².